The van der Waals surface area contributed by atoms with Crippen LogP contribution in [-0.2, 0) is 13.0 Å². The molecule has 0 bridgehead atoms. The average Bonchev–Trinajstić information content (AvgIpc) is 3.20. The molecule has 2 aromatic rings. The second kappa shape index (κ2) is 5.85. The van der Waals surface area contributed by atoms with E-state index in [1.807, 2.05) is 6.20 Å². The van der Waals surface area contributed by atoms with E-state index in [9.17, 15) is 0 Å². The van der Waals surface area contributed by atoms with E-state index in [-0.39, 0.29) is 0 Å². The van der Waals surface area contributed by atoms with Gasteiger partial charge in [0.25, 0.3) is 0 Å². The van der Waals surface area contributed by atoms with Crippen LogP contribution in [0, 0.1) is 5.92 Å². The van der Waals surface area contributed by atoms with Gasteiger partial charge in [-0.3, -0.25) is 4.90 Å². The number of nitrogens with zero attached hydrogens (tertiary/aromatic N) is 3. The van der Waals surface area contributed by atoms with Gasteiger partial charge in [0.15, 0.2) is 5.82 Å². The Kier molecular flexibility index (Phi) is 3.74. The first kappa shape index (κ1) is 13.4. The van der Waals surface area contributed by atoms with Crippen LogP contribution in [0.4, 0.5) is 0 Å². The summed E-state index contributed by atoms with van der Waals surface area (Å²) in [6, 6.07) is 4.17. The van der Waals surface area contributed by atoms with Crippen molar-refractivity contribution in [2.24, 2.45) is 5.92 Å². The minimum atomic E-state index is 0.895. The van der Waals surface area contributed by atoms with E-state index >= 15 is 0 Å². The summed E-state index contributed by atoms with van der Waals surface area (Å²) in [4.78, 5) is 13.2. The fourth-order valence-electron chi connectivity index (χ4n) is 3.60. The Bertz CT molecular complexity index is 603. The van der Waals surface area contributed by atoms with E-state index in [0.717, 1.165) is 24.7 Å². The molecule has 3 heterocycles. The summed E-state index contributed by atoms with van der Waals surface area (Å²) >= 11 is 1.72. The lowest BCUT2D eigenvalue weighted by atomic mass is 10.0. The van der Waals surface area contributed by atoms with Crippen molar-refractivity contribution < 1.29 is 0 Å². The van der Waals surface area contributed by atoms with Crippen LogP contribution in [0.3, 0.4) is 0 Å². The summed E-state index contributed by atoms with van der Waals surface area (Å²) < 4.78 is 0. The van der Waals surface area contributed by atoms with E-state index < -0.39 is 0 Å². The molecule has 1 saturated carbocycles. The highest BCUT2D eigenvalue weighted by Gasteiger charge is 2.23. The number of hydrogen-bond donors (Lipinski definition) is 0. The van der Waals surface area contributed by atoms with Gasteiger partial charge in [0.1, 0.15) is 0 Å². The third-order valence-electron chi connectivity index (χ3n) is 4.76. The van der Waals surface area contributed by atoms with Gasteiger partial charge in [-0.15, -0.1) is 11.3 Å². The van der Waals surface area contributed by atoms with Crippen LogP contribution < -0.4 is 0 Å². The molecular formula is C17H21N3S. The molecule has 2 aromatic heterocycles. The molecule has 21 heavy (non-hydrogen) atoms. The molecule has 0 amide bonds. The second-order valence-corrected chi connectivity index (χ2v) is 7.23. The summed E-state index contributed by atoms with van der Waals surface area (Å²) in [5, 5.41) is 2.09. The van der Waals surface area contributed by atoms with Crippen LogP contribution in [-0.4, -0.2) is 28.0 Å². The lowest BCUT2D eigenvalue weighted by Gasteiger charge is -2.30. The van der Waals surface area contributed by atoms with E-state index in [0.29, 0.717) is 0 Å². The SMILES string of the molecule is c1csc(-c2ncc3c(n2)CN(CC2CCCC2)CC3)c1. The van der Waals surface area contributed by atoms with Crippen LogP contribution in [0.1, 0.15) is 36.9 Å². The standard InChI is InChI=1S/C17H21N3S/c1-2-5-13(4-1)11-20-8-7-14-10-18-17(19-15(14)12-20)16-6-3-9-21-16/h3,6,9-10,13H,1-2,4-5,7-8,11-12H2. The Morgan fingerprint density at radius 2 is 2.19 bits per heavy atom. The third kappa shape index (κ3) is 2.87. The van der Waals surface area contributed by atoms with Crippen molar-refractivity contribution >= 4 is 11.3 Å². The predicted octanol–water partition coefficient (Wildman–Crippen LogP) is 3.75. The number of aromatic nitrogens is 2. The maximum Gasteiger partial charge on any atom is 0.169 e. The summed E-state index contributed by atoms with van der Waals surface area (Å²) in [6.07, 6.45) is 8.86. The van der Waals surface area contributed by atoms with Crippen LogP contribution >= 0.6 is 11.3 Å². The van der Waals surface area contributed by atoms with Gasteiger partial charge < -0.3 is 0 Å². The first-order valence-electron chi connectivity index (χ1n) is 7.99. The highest BCUT2D eigenvalue weighted by molar-refractivity contribution is 7.13. The molecule has 0 spiro atoms. The quantitative estimate of drug-likeness (QED) is 0.864. The van der Waals surface area contributed by atoms with Crippen LogP contribution in [0.25, 0.3) is 10.7 Å². The van der Waals surface area contributed by atoms with Gasteiger partial charge in [-0.1, -0.05) is 18.9 Å². The average molecular weight is 299 g/mol. The van der Waals surface area contributed by atoms with Crippen LogP contribution in [0.5, 0.6) is 0 Å². The Morgan fingerprint density at radius 1 is 1.29 bits per heavy atom. The van der Waals surface area contributed by atoms with Gasteiger partial charge in [-0.25, -0.2) is 9.97 Å². The van der Waals surface area contributed by atoms with Crippen molar-refractivity contribution in [3.8, 4) is 10.7 Å². The lowest BCUT2D eigenvalue weighted by Crippen LogP contribution is -2.34. The molecule has 4 rings (SSSR count). The monoisotopic (exact) mass is 299 g/mol. The van der Waals surface area contributed by atoms with Gasteiger partial charge in [-0.2, -0.15) is 0 Å². The fourth-order valence-corrected chi connectivity index (χ4v) is 4.26. The zero-order valence-electron chi connectivity index (χ0n) is 12.3. The Morgan fingerprint density at radius 3 is 3.00 bits per heavy atom. The third-order valence-corrected chi connectivity index (χ3v) is 5.62. The topological polar surface area (TPSA) is 29.0 Å². The molecule has 4 heteroatoms. The van der Waals surface area contributed by atoms with E-state index in [2.05, 4.69) is 27.4 Å². The minimum Gasteiger partial charge on any atom is -0.297 e. The highest BCUT2D eigenvalue weighted by atomic mass is 32.1. The van der Waals surface area contributed by atoms with Crippen molar-refractivity contribution in [2.45, 2.75) is 38.6 Å². The molecule has 0 saturated heterocycles. The Balaban J connectivity index is 1.51. The van der Waals surface area contributed by atoms with Gasteiger partial charge in [-0.05, 0) is 42.2 Å². The van der Waals surface area contributed by atoms with E-state index in [1.165, 1.54) is 54.9 Å². The first-order valence-corrected chi connectivity index (χ1v) is 8.87. The first-order chi connectivity index (χ1) is 10.4. The summed E-state index contributed by atoms with van der Waals surface area (Å²) in [6.45, 7) is 3.44. The van der Waals surface area contributed by atoms with Crippen LogP contribution in [0.15, 0.2) is 23.7 Å². The van der Waals surface area contributed by atoms with Crippen molar-refractivity contribution in [3.05, 3.63) is 35.0 Å². The van der Waals surface area contributed by atoms with Crippen molar-refractivity contribution in [2.75, 3.05) is 13.1 Å². The van der Waals surface area contributed by atoms with Gasteiger partial charge in [0, 0.05) is 25.8 Å². The molecule has 0 radical (unpaired) electrons. The van der Waals surface area contributed by atoms with Crippen molar-refractivity contribution in [1.82, 2.24) is 14.9 Å². The molecular weight excluding hydrogens is 278 g/mol. The molecule has 3 nitrogen and oxygen atoms in total. The molecule has 1 aliphatic heterocycles. The largest absolute Gasteiger partial charge is 0.297 e. The molecule has 0 atom stereocenters. The Hall–Kier alpha value is -1.26. The summed E-state index contributed by atoms with van der Waals surface area (Å²) in [5.41, 5.74) is 2.59. The smallest absolute Gasteiger partial charge is 0.169 e. The van der Waals surface area contributed by atoms with E-state index in [4.69, 9.17) is 4.98 Å². The molecule has 0 aromatic carbocycles. The second-order valence-electron chi connectivity index (χ2n) is 6.28. The minimum absolute atomic E-state index is 0.895. The number of fused-ring (bicyclic) bond motifs is 1. The van der Waals surface area contributed by atoms with Gasteiger partial charge in [0.05, 0.1) is 10.6 Å². The molecule has 0 N–H and O–H groups in total. The zero-order valence-corrected chi connectivity index (χ0v) is 13.1. The van der Waals surface area contributed by atoms with Crippen LogP contribution in [0.2, 0.25) is 0 Å². The molecule has 110 valence electrons. The van der Waals surface area contributed by atoms with Crippen molar-refractivity contribution in [3.63, 3.8) is 0 Å². The molecule has 1 aliphatic carbocycles. The normalized spacial score (nSPS) is 19.8. The van der Waals surface area contributed by atoms with E-state index in [1.54, 1.807) is 11.3 Å². The predicted molar refractivity (Wildman–Crippen MR) is 86.3 cm³/mol. The number of rotatable bonds is 3. The van der Waals surface area contributed by atoms with Crippen molar-refractivity contribution in [1.29, 1.82) is 0 Å². The Labute approximate surface area is 130 Å². The highest BCUT2D eigenvalue weighted by Crippen LogP contribution is 2.28. The maximum absolute atomic E-state index is 4.84. The number of thiophene rings is 1. The zero-order chi connectivity index (χ0) is 14.1. The fraction of sp³-hybridized carbons (Fsp3) is 0.529. The molecule has 2 aliphatic rings. The number of hydrogen-bond acceptors (Lipinski definition) is 4. The van der Waals surface area contributed by atoms with Gasteiger partial charge in [0.2, 0.25) is 0 Å². The summed E-state index contributed by atoms with van der Waals surface area (Å²) in [5.74, 6) is 1.82. The molecule has 0 unspecified atom stereocenters. The maximum atomic E-state index is 4.84. The lowest BCUT2D eigenvalue weighted by molar-refractivity contribution is 0.211. The molecule has 1 fully saturated rings. The van der Waals surface area contributed by atoms with Gasteiger partial charge >= 0.3 is 0 Å². The summed E-state index contributed by atoms with van der Waals surface area (Å²) in [7, 11) is 0.